The van der Waals surface area contributed by atoms with Crippen molar-refractivity contribution in [3.63, 3.8) is 0 Å². The van der Waals surface area contributed by atoms with Gasteiger partial charge in [0.05, 0.1) is 4.47 Å². The molecule has 0 radical (unpaired) electrons. The van der Waals surface area contributed by atoms with Gasteiger partial charge in [0.15, 0.2) is 0 Å². The molecule has 1 amide bonds. The van der Waals surface area contributed by atoms with Crippen molar-refractivity contribution in [2.75, 3.05) is 24.5 Å². The molecule has 1 N–H and O–H groups in total. The number of carboxylic acid groups (broad SMARTS) is 1. The Hall–Kier alpha value is -1.08. The van der Waals surface area contributed by atoms with E-state index in [1.165, 1.54) is 4.90 Å². The SMILES string of the molecule is CC(C)(C)N(CC1CCN(c2nc(Cl)ncc2Br)CC1)C(=O)O. The highest BCUT2D eigenvalue weighted by Gasteiger charge is 2.30. The number of nitrogens with zero attached hydrogens (tertiary/aromatic N) is 4. The second-order valence-corrected chi connectivity index (χ2v) is 8.00. The molecule has 0 bridgehead atoms. The molecule has 0 aromatic carbocycles. The van der Waals surface area contributed by atoms with Gasteiger partial charge in [-0.05, 0) is 67.1 Å². The number of rotatable bonds is 3. The predicted octanol–water partition coefficient (Wildman–Crippen LogP) is 3.89. The summed E-state index contributed by atoms with van der Waals surface area (Å²) < 4.78 is 0.821. The normalized spacial score (nSPS) is 16.5. The summed E-state index contributed by atoms with van der Waals surface area (Å²) in [6, 6.07) is 0. The quantitative estimate of drug-likeness (QED) is 0.773. The first-order valence-corrected chi connectivity index (χ1v) is 8.79. The van der Waals surface area contributed by atoms with Crippen molar-refractivity contribution in [1.29, 1.82) is 0 Å². The Morgan fingerprint density at radius 3 is 2.61 bits per heavy atom. The first-order valence-electron chi connectivity index (χ1n) is 7.62. The first-order chi connectivity index (χ1) is 10.7. The summed E-state index contributed by atoms with van der Waals surface area (Å²) in [6.45, 7) is 8.00. The van der Waals surface area contributed by atoms with Crippen molar-refractivity contribution in [1.82, 2.24) is 14.9 Å². The molecule has 2 heterocycles. The number of piperidine rings is 1. The molecule has 0 spiro atoms. The smallest absolute Gasteiger partial charge is 0.407 e. The highest BCUT2D eigenvalue weighted by Crippen LogP contribution is 2.29. The van der Waals surface area contributed by atoms with Gasteiger partial charge in [-0.3, -0.25) is 0 Å². The molecule has 8 heteroatoms. The molecule has 23 heavy (non-hydrogen) atoms. The van der Waals surface area contributed by atoms with Crippen LogP contribution in [0.15, 0.2) is 10.7 Å². The maximum Gasteiger partial charge on any atom is 0.407 e. The fraction of sp³-hybridized carbons (Fsp3) is 0.667. The minimum atomic E-state index is -0.856. The highest BCUT2D eigenvalue weighted by molar-refractivity contribution is 9.10. The van der Waals surface area contributed by atoms with Crippen molar-refractivity contribution in [3.8, 4) is 0 Å². The van der Waals surface area contributed by atoms with E-state index in [1.54, 1.807) is 6.20 Å². The van der Waals surface area contributed by atoms with Crippen LogP contribution in [-0.2, 0) is 0 Å². The van der Waals surface area contributed by atoms with Gasteiger partial charge in [0.2, 0.25) is 5.28 Å². The molecule has 0 unspecified atom stereocenters. The van der Waals surface area contributed by atoms with Crippen LogP contribution in [0.5, 0.6) is 0 Å². The van der Waals surface area contributed by atoms with E-state index in [-0.39, 0.29) is 10.8 Å². The van der Waals surface area contributed by atoms with E-state index in [2.05, 4.69) is 30.8 Å². The maximum atomic E-state index is 11.5. The molecular weight excluding hydrogens is 384 g/mol. The van der Waals surface area contributed by atoms with Gasteiger partial charge in [-0.2, -0.15) is 4.98 Å². The number of carbonyl (C=O) groups is 1. The van der Waals surface area contributed by atoms with E-state index >= 15 is 0 Å². The van der Waals surface area contributed by atoms with Crippen LogP contribution >= 0.6 is 27.5 Å². The van der Waals surface area contributed by atoms with Crippen LogP contribution in [0.1, 0.15) is 33.6 Å². The van der Waals surface area contributed by atoms with Crippen molar-refractivity contribution in [3.05, 3.63) is 16.0 Å². The minimum absolute atomic E-state index is 0.232. The van der Waals surface area contributed by atoms with Gasteiger partial charge in [-0.15, -0.1) is 0 Å². The number of halogens is 2. The standard InChI is InChI=1S/C15H22BrClN4O2/c1-15(2,3)21(14(22)23)9-10-4-6-20(7-5-10)12-11(16)8-18-13(17)19-12/h8,10H,4-7,9H2,1-3H3,(H,22,23). The van der Waals surface area contributed by atoms with Gasteiger partial charge < -0.3 is 14.9 Å². The Bertz CT molecular complexity index is 571. The Balaban J connectivity index is 1.98. The van der Waals surface area contributed by atoms with E-state index in [0.29, 0.717) is 12.5 Å². The molecule has 0 saturated carbocycles. The maximum absolute atomic E-state index is 11.5. The van der Waals surface area contributed by atoms with Crippen molar-refractivity contribution >= 4 is 39.4 Å². The second kappa shape index (κ2) is 7.21. The average molecular weight is 406 g/mol. The Kier molecular flexibility index (Phi) is 5.73. The fourth-order valence-corrected chi connectivity index (χ4v) is 3.35. The van der Waals surface area contributed by atoms with E-state index in [0.717, 1.165) is 36.2 Å². The third-order valence-electron chi connectivity index (χ3n) is 4.09. The van der Waals surface area contributed by atoms with Gasteiger partial charge >= 0.3 is 6.09 Å². The lowest BCUT2D eigenvalue weighted by Crippen LogP contribution is -2.49. The van der Waals surface area contributed by atoms with E-state index < -0.39 is 6.09 Å². The summed E-state index contributed by atoms with van der Waals surface area (Å²) >= 11 is 9.33. The van der Waals surface area contributed by atoms with Gasteiger partial charge in [-0.25, -0.2) is 9.78 Å². The fourth-order valence-electron chi connectivity index (χ4n) is 2.78. The number of aromatic nitrogens is 2. The molecule has 0 atom stereocenters. The molecular formula is C15H22BrClN4O2. The largest absolute Gasteiger partial charge is 0.465 e. The number of anilines is 1. The van der Waals surface area contributed by atoms with Gasteiger partial charge in [0.25, 0.3) is 0 Å². The Morgan fingerprint density at radius 2 is 2.09 bits per heavy atom. The van der Waals surface area contributed by atoms with Crippen LogP contribution in [-0.4, -0.2) is 51.2 Å². The molecule has 1 fully saturated rings. The third kappa shape index (κ3) is 4.70. The summed E-state index contributed by atoms with van der Waals surface area (Å²) in [5, 5.41) is 9.65. The lowest BCUT2D eigenvalue weighted by atomic mass is 9.94. The molecule has 1 aromatic rings. The van der Waals surface area contributed by atoms with Crippen LogP contribution < -0.4 is 4.90 Å². The molecule has 1 aromatic heterocycles. The topological polar surface area (TPSA) is 69.6 Å². The van der Waals surface area contributed by atoms with Crippen molar-refractivity contribution in [2.24, 2.45) is 5.92 Å². The lowest BCUT2D eigenvalue weighted by Gasteiger charge is -2.39. The zero-order valence-electron chi connectivity index (χ0n) is 13.6. The number of hydrogen-bond donors (Lipinski definition) is 1. The first kappa shape index (κ1) is 18.3. The molecule has 1 aliphatic rings. The van der Waals surface area contributed by atoms with E-state index in [4.69, 9.17) is 11.6 Å². The second-order valence-electron chi connectivity index (χ2n) is 6.81. The molecule has 2 rings (SSSR count). The summed E-state index contributed by atoms with van der Waals surface area (Å²) in [4.78, 5) is 23.4. The highest BCUT2D eigenvalue weighted by atomic mass is 79.9. The summed E-state index contributed by atoms with van der Waals surface area (Å²) in [6.07, 6.45) is 2.65. The Labute approximate surface area is 150 Å². The number of amides is 1. The molecule has 1 saturated heterocycles. The van der Waals surface area contributed by atoms with Gasteiger partial charge in [-0.1, -0.05) is 0 Å². The molecule has 6 nitrogen and oxygen atoms in total. The lowest BCUT2D eigenvalue weighted by molar-refractivity contribution is 0.0852. The summed E-state index contributed by atoms with van der Waals surface area (Å²) in [5.41, 5.74) is -0.383. The van der Waals surface area contributed by atoms with E-state index in [9.17, 15) is 9.90 Å². The Morgan fingerprint density at radius 1 is 1.48 bits per heavy atom. The molecule has 1 aliphatic heterocycles. The monoisotopic (exact) mass is 404 g/mol. The van der Waals surface area contributed by atoms with Crippen LogP contribution in [0, 0.1) is 5.92 Å². The van der Waals surface area contributed by atoms with Crippen LogP contribution in [0.2, 0.25) is 5.28 Å². The van der Waals surface area contributed by atoms with E-state index in [1.807, 2.05) is 20.8 Å². The average Bonchev–Trinajstić information content (AvgIpc) is 2.46. The third-order valence-corrected chi connectivity index (χ3v) is 4.83. The number of hydrogen-bond acceptors (Lipinski definition) is 4. The van der Waals surface area contributed by atoms with Gasteiger partial charge in [0, 0.05) is 31.4 Å². The zero-order valence-corrected chi connectivity index (χ0v) is 15.9. The van der Waals surface area contributed by atoms with Crippen LogP contribution in [0.3, 0.4) is 0 Å². The zero-order chi connectivity index (χ0) is 17.2. The summed E-state index contributed by atoms with van der Waals surface area (Å²) in [5.74, 6) is 1.16. The molecule has 128 valence electrons. The van der Waals surface area contributed by atoms with Crippen molar-refractivity contribution in [2.45, 2.75) is 39.2 Å². The van der Waals surface area contributed by atoms with Crippen LogP contribution in [0.4, 0.5) is 10.6 Å². The summed E-state index contributed by atoms with van der Waals surface area (Å²) in [7, 11) is 0. The molecule has 0 aliphatic carbocycles. The van der Waals surface area contributed by atoms with Crippen molar-refractivity contribution < 1.29 is 9.90 Å². The minimum Gasteiger partial charge on any atom is -0.465 e. The van der Waals surface area contributed by atoms with Gasteiger partial charge in [0.1, 0.15) is 5.82 Å². The predicted molar refractivity (Wildman–Crippen MR) is 94.2 cm³/mol. The van der Waals surface area contributed by atoms with Crippen LogP contribution in [0.25, 0.3) is 0 Å².